The minimum Gasteiger partial charge on any atom is -0.304 e. The molecule has 1 heterocycles. The lowest BCUT2D eigenvalue weighted by Gasteiger charge is -2.15. The third-order valence-corrected chi connectivity index (χ3v) is 5.22. The molecular formula is C20H18N2S. The molecule has 114 valence electrons. The molecule has 0 fully saturated rings. The molecule has 1 N–H and O–H groups in total. The molecule has 1 aromatic heterocycles. The summed E-state index contributed by atoms with van der Waals surface area (Å²) in [6, 6.07) is 23.7. The first-order valence-electron chi connectivity index (χ1n) is 7.87. The van der Waals surface area contributed by atoms with Crippen LogP contribution in [-0.4, -0.2) is 4.98 Å². The van der Waals surface area contributed by atoms with Gasteiger partial charge in [-0.25, -0.2) is 4.98 Å². The van der Waals surface area contributed by atoms with Crippen molar-refractivity contribution in [3.05, 3.63) is 77.3 Å². The number of hydrogen-bond donors (Lipinski definition) is 1. The van der Waals surface area contributed by atoms with Gasteiger partial charge in [-0.05, 0) is 35.4 Å². The second kappa shape index (κ2) is 6.11. The van der Waals surface area contributed by atoms with E-state index in [9.17, 15) is 0 Å². The Morgan fingerprint density at radius 3 is 2.65 bits per heavy atom. The van der Waals surface area contributed by atoms with Crippen LogP contribution in [0.1, 0.15) is 23.5 Å². The lowest BCUT2D eigenvalue weighted by atomic mass is 10.00. The first-order valence-corrected chi connectivity index (χ1v) is 8.68. The highest BCUT2D eigenvalue weighted by atomic mass is 32.1. The molecule has 3 heteroatoms. The van der Waals surface area contributed by atoms with Crippen LogP contribution in [0.2, 0.25) is 0 Å². The molecule has 0 aliphatic rings. The Morgan fingerprint density at radius 2 is 1.74 bits per heavy atom. The zero-order chi connectivity index (χ0) is 15.6. The summed E-state index contributed by atoms with van der Waals surface area (Å²) < 4.78 is 1.25. The average molecular weight is 318 g/mol. The fourth-order valence-corrected chi connectivity index (χ4v) is 3.89. The molecule has 3 aromatic carbocycles. The maximum Gasteiger partial charge on any atom is 0.108 e. The Kier molecular flexibility index (Phi) is 3.82. The third-order valence-electron chi connectivity index (χ3n) is 4.19. The van der Waals surface area contributed by atoms with E-state index in [1.165, 1.54) is 21.0 Å². The number of aromatic nitrogens is 1. The van der Waals surface area contributed by atoms with Crippen LogP contribution in [0.25, 0.3) is 21.0 Å². The van der Waals surface area contributed by atoms with Crippen molar-refractivity contribution in [2.45, 2.75) is 19.5 Å². The molecule has 1 atom stereocenters. The summed E-state index contributed by atoms with van der Waals surface area (Å²) >= 11 is 1.76. The summed E-state index contributed by atoms with van der Waals surface area (Å²) in [6.07, 6.45) is 0. The van der Waals surface area contributed by atoms with Crippen LogP contribution in [0.3, 0.4) is 0 Å². The molecule has 0 aliphatic carbocycles. The van der Waals surface area contributed by atoms with Gasteiger partial charge in [-0.1, -0.05) is 54.6 Å². The number of thiazole rings is 1. The van der Waals surface area contributed by atoms with Crippen molar-refractivity contribution in [2.24, 2.45) is 0 Å². The molecular weight excluding hydrogens is 300 g/mol. The quantitative estimate of drug-likeness (QED) is 0.552. The number of fused-ring (bicyclic) bond motifs is 2. The van der Waals surface area contributed by atoms with Crippen LogP contribution in [0, 0.1) is 0 Å². The highest BCUT2D eigenvalue weighted by Gasteiger charge is 2.10. The molecule has 0 saturated heterocycles. The number of rotatable bonds is 4. The highest BCUT2D eigenvalue weighted by Crippen LogP contribution is 2.25. The fraction of sp³-hybridized carbons (Fsp3) is 0.150. The highest BCUT2D eigenvalue weighted by molar-refractivity contribution is 7.18. The maximum atomic E-state index is 4.70. The first-order chi connectivity index (χ1) is 11.3. The van der Waals surface area contributed by atoms with Gasteiger partial charge in [0.05, 0.1) is 10.2 Å². The second-order valence-corrected chi connectivity index (χ2v) is 6.86. The van der Waals surface area contributed by atoms with Gasteiger partial charge < -0.3 is 5.32 Å². The Hall–Kier alpha value is -2.23. The lowest BCUT2D eigenvalue weighted by molar-refractivity contribution is 0.577. The summed E-state index contributed by atoms with van der Waals surface area (Å²) in [5.74, 6) is 0. The molecule has 0 bridgehead atoms. The Morgan fingerprint density at radius 1 is 0.957 bits per heavy atom. The summed E-state index contributed by atoms with van der Waals surface area (Å²) in [5, 5.41) is 7.36. The standard InChI is InChI=1S/C20H18N2S/c1-14(16-10-6-8-15-7-2-3-9-17(15)16)21-13-20-22-18-11-4-5-12-19(18)23-20/h2-12,14,21H,13H2,1H3/t14-/m1/s1. The van der Waals surface area contributed by atoms with Crippen LogP contribution in [-0.2, 0) is 6.54 Å². The van der Waals surface area contributed by atoms with Crippen molar-refractivity contribution in [2.75, 3.05) is 0 Å². The van der Waals surface area contributed by atoms with Crippen molar-refractivity contribution in [1.29, 1.82) is 0 Å². The zero-order valence-electron chi connectivity index (χ0n) is 13.0. The molecule has 4 rings (SSSR count). The minimum atomic E-state index is 0.285. The van der Waals surface area contributed by atoms with Crippen LogP contribution < -0.4 is 5.32 Å². The summed E-state index contributed by atoms with van der Waals surface area (Å²) in [5.41, 5.74) is 2.43. The SMILES string of the molecule is C[C@@H](NCc1nc2ccccc2s1)c1cccc2ccccc12. The van der Waals surface area contributed by atoms with Gasteiger partial charge in [0.15, 0.2) is 0 Å². The Labute approximate surface area is 139 Å². The monoisotopic (exact) mass is 318 g/mol. The van der Waals surface area contributed by atoms with Gasteiger partial charge in [-0.2, -0.15) is 0 Å². The summed E-state index contributed by atoms with van der Waals surface area (Å²) in [6.45, 7) is 3.01. The number of benzene rings is 3. The maximum absolute atomic E-state index is 4.70. The van der Waals surface area contributed by atoms with E-state index in [1.807, 2.05) is 6.07 Å². The van der Waals surface area contributed by atoms with Crippen molar-refractivity contribution < 1.29 is 0 Å². The number of nitrogens with zero attached hydrogens (tertiary/aromatic N) is 1. The molecule has 0 radical (unpaired) electrons. The summed E-state index contributed by atoms with van der Waals surface area (Å²) in [4.78, 5) is 4.70. The second-order valence-electron chi connectivity index (χ2n) is 5.75. The molecule has 23 heavy (non-hydrogen) atoms. The van der Waals surface area contributed by atoms with Gasteiger partial charge in [0, 0.05) is 12.6 Å². The van der Waals surface area contributed by atoms with E-state index in [4.69, 9.17) is 4.98 Å². The van der Waals surface area contributed by atoms with Gasteiger partial charge in [-0.3, -0.25) is 0 Å². The predicted octanol–water partition coefficient (Wildman–Crippen LogP) is 5.30. The van der Waals surface area contributed by atoms with Crippen molar-refractivity contribution in [3.8, 4) is 0 Å². The van der Waals surface area contributed by atoms with Gasteiger partial charge in [0.2, 0.25) is 0 Å². The van der Waals surface area contributed by atoms with Crippen molar-refractivity contribution in [3.63, 3.8) is 0 Å². The summed E-state index contributed by atoms with van der Waals surface area (Å²) in [7, 11) is 0. The molecule has 0 spiro atoms. The van der Waals surface area contributed by atoms with Crippen molar-refractivity contribution >= 4 is 32.3 Å². The molecule has 4 aromatic rings. The van der Waals surface area contributed by atoms with E-state index in [1.54, 1.807) is 11.3 Å². The van der Waals surface area contributed by atoms with Gasteiger partial charge in [0.1, 0.15) is 5.01 Å². The van der Waals surface area contributed by atoms with E-state index in [2.05, 4.69) is 72.9 Å². The van der Waals surface area contributed by atoms with Crippen LogP contribution in [0.5, 0.6) is 0 Å². The first kappa shape index (κ1) is 14.4. The zero-order valence-corrected chi connectivity index (χ0v) is 13.8. The smallest absolute Gasteiger partial charge is 0.108 e. The molecule has 0 amide bonds. The lowest BCUT2D eigenvalue weighted by Crippen LogP contribution is -2.18. The average Bonchev–Trinajstić information content (AvgIpc) is 3.02. The normalized spacial score (nSPS) is 12.7. The largest absolute Gasteiger partial charge is 0.304 e. The topological polar surface area (TPSA) is 24.9 Å². The van der Waals surface area contributed by atoms with Gasteiger partial charge in [0.25, 0.3) is 0 Å². The van der Waals surface area contributed by atoms with Crippen molar-refractivity contribution in [1.82, 2.24) is 10.3 Å². The van der Waals surface area contributed by atoms with E-state index in [-0.39, 0.29) is 6.04 Å². The van der Waals surface area contributed by atoms with Crippen LogP contribution in [0.4, 0.5) is 0 Å². The van der Waals surface area contributed by atoms with Gasteiger partial charge in [-0.15, -0.1) is 11.3 Å². The molecule has 2 nitrogen and oxygen atoms in total. The Bertz CT molecular complexity index is 920. The van der Waals surface area contributed by atoms with Crippen LogP contribution >= 0.6 is 11.3 Å². The number of para-hydroxylation sites is 1. The van der Waals surface area contributed by atoms with E-state index < -0.39 is 0 Å². The number of hydrogen-bond acceptors (Lipinski definition) is 3. The van der Waals surface area contributed by atoms with E-state index in [0.29, 0.717) is 0 Å². The van der Waals surface area contributed by atoms with E-state index >= 15 is 0 Å². The van der Waals surface area contributed by atoms with Crippen LogP contribution in [0.15, 0.2) is 66.7 Å². The fourth-order valence-electron chi connectivity index (χ4n) is 2.97. The number of nitrogens with one attached hydrogen (secondary N) is 1. The van der Waals surface area contributed by atoms with E-state index in [0.717, 1.165) is 17.1 Å². The third kappa shape index (κ3) is 2.85. The van der Waals surface area contributed by atoms with Gasteiger partial charge >= 0.3 is 0 Å². The molecule has 0 saturated carbocycles. The molecule has 0 aliphatic heterocycles. The Balaban J connectivity index is 1.56. The molecule has 0 unspecified atom stereocenters. The predicted molar refractivity (Wildman–Crippen MR) is 98.8 cm³/mol. The minimum absolute atomic E-state index is 0.285.